The lowest BCUT2D eigenvalue weighted by Crippen LogP contribution is -2.41. The van der Waals surface area contributed by atoms with Gasteiger partial charge in [-0.25, -0.2) is 4.39 Å². The topological polar surface area (TPSA) is 87.9 Å². The lowest BCUT2D eigenvalue weighted by atomic mass is 10.2. The monoisotopic (exact) mass is 404 g/mol. The van der Waals surface area contributed by atoms with Crippen LogP contribution in [0, 0.1) is 12.7 Å². The molecule has 156 valence electrons. The van der Waals surface area contributed by atoms with Crippen molar-refractivity contribution >= 4 is 17.6 Å². The van der Waals surface area contributed by atoms with E-state index in [9.17, 15) is 14.0 Å². The number of amides is 2. The smallest absolute Gasteiger partial charge is 0.254 e. The van der Waals surface area contributed by atoms with Gasteiger partial charge in [0.1, 0.15) is 18.1 Å². The molecular weight excluding hydrogens is 379 g/mol. The van der Waals surface area contributed by atoms with Gasteiger partial charge in [0.2, 0.25) is 5.91 Å². The molecule has 0 radical (unpaired) electrons. The number of anilines is 1. The highest BCUT2D eigenvalue weighted by atomic mass is 19.1. The van der Waals surface area contributed by atoms with Gasteiger partial charge in [-0.1, -0.05) is 5.16 Å². The number of ether oxygens (including phenoxy) is 1. The van der Waals surface area contributed by atoms with Crippen molar-refractivity contribution in [2.45, 2.75) is 13.3 Å². The Bertz CT molecular complexity index is 818. The number of benzene rings is 1. The van der Waals surface area contributed by atoms with E-state index in [-0.39, 0.29) is 18.4 Å². The molecule has 2 aromatic rings. The SMILES string of the molecule is Cc1cc(NC(=O)CN(CCCN2CCOCC2)C(=O)c2ccc(F)cc2)no1. The van der Waals surface area contributed by atoms with Crippen LogP contribution in [-0.4, -0.2) is 72.7 Å². The molecule has 0 spiro atoms. The summed E-state index contributed by atoms with van der Waals surface area (Å²) in [6.07, 6.45) is 0.712. The van der Waals surface area contributed by atoms with Gasteiger partial charge >= 0.3 is 0 Å². The fourth-order valence-corrected chi connectivity index (χ4v) is 3.12. The van der Waals surface area contributed by atoms with Gasteiger partial charge in [0, 0.05) is 37.8 Å². The van der Waals surface area contributed by atoms with Crippen LogP contribution in [0.3, 0.4) is 0 Å². The minimum atomic E-state index is -0.417. The Morgan fingerprint density at radius 2 is 1.97 bits per heavy atom. The summed E-state index contributed by atoms with van der Waals surface area (Å²) in [4.78, 5) is 29.0. The standard InChI is InChI=1S/C20H25FN4O4/c1-15-13-18(23-29-15)22-19(26)14-25(8-2-7-24-9-11-28-12-10-24)20(27)16-3-5-17(21)6-4-16/h3-6,13H,2,7-12,14H2,1H3,(H,22,23,26). The summed E-state index contributed by atoms with van der Waals surface area (Å²) in [5.41, 5.74) is 0.336. The molecule has 2 amide bonds. The summed E-state index contributed by atoms with van der Waals surface area (Å²) in [7, 11) is 0. The summed E-state index contributed by atoms with van der Waals surface area (Å²) in [5.74, 6) is -0.238. The van der Waals surface area contributed by atoms with Gasteiger partial charge < -0.3 is 19.5 Å². The van der Waals surface area contributed by atoms with Crippen LogP contribution >= 0.6 is 0 Å². The van der Waals surface area contributed by atoms with Gasteiger partial charge in [0.25, 0.3) is 5.91 Å². The van der Waals surface area contributed by atoms with E-state index in [0.29, 0.717) is 43.3 Å². The molecule has 1 aliphatic rings. The fraction of sp³-hybridized carbons (Fsp3) is 0.450. The Morgan fingerprint density at radius 3 is 2.62 bits per heavy atom. The number of nitrogens with one attached hydrogen (secondary N) is 1. The quantitative estimate of drug-likeness (QED) is 0.723. The lowest BCUT2D eigenvalue weighted by molar-refractivity contribution is -0.117. The predicted octanol–water partition coefficient (Wildman–Crippen LogP) is 1.93. The van der Waals surface area contributed by atoms with E-state index in [0.717, 1.165) is 19.6 Å². The molecular formula is C20H25FN4O4. The fourth-order valence-electron chi connectivity index (χ4n) is 3.12. The molecule has 1 fully saturated rings. The molecule has 0 saturated carbocycles. The molecule has 29 heavy (non-hydrogen) atoms. The number of nitrogens with zero attached hydrogens (tertiary/aromatic N) is 3. The van der Waals surface area contributed by atoms with Crippen molar-refractivity contribution in [2.24, 2.45) is 0 Å². The maximum Gasteiger partial charge on any atom is 0.254 e. The number of aryl methyl sites for hydroxylation is 1. The summed E-state index contributed by atoms with van der Waals surface area (Å²) in [5, 5.41) is 6.35. The third kappa shape index (κ3) is 6.37. The molecule has 2 heterocycles. The van der Waals surface area contributed by atoms with Crippen molar-refractivity contribution in [3.05, 3.63) is 47.5 Å². The molecule has 0 atom stereocenters. The van der Waals surface area contributed by atoms with Crippen LogP contribution in [-0.2, 0) is 9.53 Å². The molecule has 1 N–H and O–H groups in total. The van der Waals surface area contributed by atoms with Crippen LogP contribution in [0.25, 0.3) is 0 Å². The minimum absolute atomic E-state index is 0.134. The van der Waals surface area contributed by atoms with E-state index >= 15 is 0 Å². The summed E-state index contributed by atoms with van der Waals surface area (Å²) in [6, 6.07) is 6.91. The van der Waals surface area contributed by atoms with Gasteiger partial charge in [-0.3, -0.25) is 14.5 Å². The van der Waals surface area contributed by atoms with Gasteiger partial charge in [-0.2, -0.15) is 0 Å². The molecule has 8 nitrogen and oxygen atoms in total. The third-order valence-electron chi connectivity index (χ3n) is 4.61. The van der Waals surface area contributed by atoms with Crippen molar-refractivity contribution in [3.8, 4) is 0 Å². The normalized spacial score (nSPS) is 14.6. The number of morpholine rings is 1. The van der Waals surface area contributed by atoms with Gasteiger partial charge in [0.15, 0.2) is 5.82 Å². The van der Waals surface area contributed by atoms with E-state index in [1.54, 1.807) is 13.0 Å². The predicted molar refractivity (Wildman–Crippen MR) is 104 cm³/mol. The second kappa shape index (κ2) is 10.1. The highest BCUT2D eigenvalue weighted by Gasteiger charge is 2.20. The number of carbonyl (C=O) groups excluding carboxylic acids is 2. The summed E-state index contributed by atoms with van der Waals surface area (Å²) in [6.45, 7) is 5.93. The molecule has 9 heteroatoms. The lowest BCUT2D eigenvalue weighted by Gasteiger charge is -2.28. The van der Waals surface area contributed by atoms with E-state index in [2.05, 4.69) is 15.4 Å². The maximum absolute atomic E-state index is 13.2. The second-order valence-corrected chi connectivity index (χ2v) is 6.91. The average Bonchev–Trinajstić information content (AvgIpc) is 3.12. The van der Waals surface area contributed by atoms with Crippen molar-refractivity contribution in [2.75, 3.05) is 51.3 Å². The highest BCUT2D eigenvalue weighted by molar-refractivity contribution is 5.99. The zero-order valence-corrected chi connectivity index (χ0v) is 16.4. The first-order chi connectivity index (χ1) is 14.0. The minimum Gasteiger partial charge on any atom is -0.379 e. The first-order valence-electron chi connectivity index (χ1n) is 9.59. The van der Waals surface area contributed by atoms with Crippen LogP contribution in [0.1, 0.15) is 22.5 Å². The molecule has 3 rings (SSSR count). The zero-order valence-electron chi connectivity index (χ0n) is 16.4. The Labute approximate surface area is 168 Å². The number of halogens is 1. The number of hydrogen-bond donors (Lipinski definition) is 1. The van der Waals surface area contributed by atoms with Crippen molar-refractivity contribution < 1.29 is 23.2 Å². The summed E-state index contributed by atoms with van der Waals surface area (Å²) >= 11 is 0. The first-order valence-corrected chi connectivity index (χ1v) is 9.59. The van der Waals surface area contributed by atoms with E-state index in [1.807, 2.05) is 0 Å². The molecule has 1 saturated heterocycles. The van der Waals surface area contributed by atoms with Crippen LogP contribution in [0.4, 0.5) is 10.2 Å². The van der Waals surface area contributed by atoms with Crippen molar-refractivity contribution in [1.29, 1.82) is 0 Å². The first kappa shape index (κ1) is 20.9. The number of aromatic nitrogens is 1. The van der Waals surface area contributed by atoms with Gasteiger partial charge in [-0.15, -0.1) is 0 Å². The molecule has 1 aromatic heterocycles. The van der Waals surface area contributed by atoms with Gasteiger partial charge in [0.05, 0.1) is 13.2 Å². The number of carbonyl (C=O) groups is 2. The molecule has 1 aliphatic heterocycles. The molecule has 1 aromatic carbocycles. The average molecular weight is 404 g/mol. The van der Waals surface area contributed by atoms with E-state index < -0.39 is 5.82 Å². The zero-order chi connectivity index (χ0) is 20.6. The Hall–Kier alpha value is -2.78. The van der Waals surface area contributed by atoms with Crippen LogP contribution < -0.4 is 5.32 Å². The van der Waals surface area contributed by atoms with E-state index in [1.165, 1.54) is 29.2 Å². The molecule has 0 aliphatic carbocycles. The third-order valence-corrected chi connectivity index (χ3v) is 4.61. The number of hydrogen-bond acceptors (Lipinski definition) is 6. The Kier molecular flexibility index (Phi) is 7.31. The van der Waals surface area contributed by atoms with Crippen molar-refractivity contribution in [3.63, 3.8) is 0 Å². The number of rotatable bonds is 8. The van der Waals surface area contributed by atoms with E-state index in [4.69, 9.17) is 9.26 Å². The Morgan fingerprint density at radius 1 is 1.24 bits per heavy atom. The van der Waals surface area contributed by atoms with Crippen LogP contribution in [0.15, 0.2) is 34.9 Å². The van der Waals surface area contributed by atoms with Crippen LogP contribution in [0.5, 0.6) is 0 Å². The van der Waals surface area contributed by atoms with Gasteiger partial charge in [-0.05, 0) is 37.6 Å². The highest BCUT2D eigenvalue weighted by Crippen LogP contribution is 2.10. The largest absolute Gasteiger partial charge is 0.379 e. The molecule has 0 bridgehead atoms. The molecule has 0 unspecified atom stereocenters. The maximum atomic E-state index is 13.2. The second-order valence-electron chi connectivity index (χ2n) is 6.91. The van der Waals surface area contributed by atoms with Crippen LogP contribution in [0.2, 0.25) is 0 Å². The van der Waals surface area contributed by atoms with Crippen molar-refractivity contribution in [1.82, 2.24) is 15.0 Å². The Balaban J connectivity index is 1.61. The summed E-state index contributed by atoms with van der Waals surface area (Å²) < 4.78 is 23.5.